The lowest BCUT2D eigenvalue weighted by molar-refractivity contribution is -0.150. The molecule has 0 amide bonds. The Balaban J connectivity index is 1.65. The Labute approximate surface area is 204 Å². The fraction of sp³-hybridized carbons (Fsp3) is 0.250. The molecule has 0 bridgehead atoms. The molecule has 0 fully saturated rings. The Bertz CT molecular complexity index is 1290. The Morgan fingerprint density at radius 1 is 0.971 bits per heavy atom. The van der Waals surface area contributed by atoms with Gasteiger partial charge >= 0.3 is 5.97 Å². The highest BCUT2D eigenvalue weighted by molar-refractivity contribution is 5.85. The van der Waals surface area contributed by atoms with E-state index < -0.39 is 5.41 Å². The first-order valence-electron chi connectivity index (χ1n) is 11.8. The zero-order valence-electron chi connectivity index (χ0n) is 19.6. The average Bonchev–Trinajstić information content (AvgIpc) is 3.30. The predicted octanol–water partition coefficient (Wildman–Crippen LogP) is 4.53. The zero-order chi connectivity index (χ0) is 24.3. The van der Waals surface area contributed by atoms with Gasteiger partial charge in [0.25, 0.3) is 0 Å². The van der Waals surface area contributed by atoms with Crippen molar-refractivity contribution in [3.63, 3.8) is 0 Å². The summed E-state index contributed by atoms with van der Waals surface area (Å²) in [5, 5.41) is 8.98. The summed E-state index contributed by atoms with van der Waals surface area (Å²) in [5.41, 5.74) is 3.39. The molecule has 35 heavy (non-hydrogen) atoms. The first kappa shape index (κ1) is 22.8. The molecule has 0 saturated heterocycles. The van der Waals surface area contributed by atoms with Crippen LogP contribution in [0.15, 0.2) is 84.9 Å². The fourth-order valence-electron chi connectivity index (χ4n) is 4.90. The van der Waals surface area contributed by atoms with Crippen molar-refractivity contribution < 1.29 is 13.9 Å². The molecule has 6 nitrogen and oxygen atoms in total. The van der Waals surface area contributed by atoms with Gasteiger partial charge in [-0.2, -0.15) is 0 Å². The third-order valence-corrected chi connectivity index (χ3v) is 6.44. The van der Waals surface area contributed by atoms with E-state index in [1.54, 1.807) is 16.8 Å². The van der Waals surface area contributed by atoms with E-state index in [4.69, 9.17) is 4.74 Å². The van der Waals surface area contributed by atoms with Gasteiger partial charge in [0.2, 0.25) is 0 Å². The van der Waals surface area contributed by atoms with E-state index in [0.717, 1.165) is 28.2 Å². The smallest absolute Gasteiger partial charge is 0.320 e. The summed E-state index contributed by atoms with van der Waals surface area (Å²) in [4.78, 5) is 16.0. The van der Waals surface area contributed by atoms with Crippen LogP contribution in [0, 0.1) is 5.82 Å². The van der Waals surface area contributed by atoms with Crippen molar-refractivity contribution in [2.24, 2.45) is 0 Å². The van der Waals surface area contributed by atoms with Crippen LogP contribution in [-0.2, 0) is 34.5 Å². The van der Waals surface area contributed by atoms with Crippen LogP contribution >= 0.6 is 0 Å². The van der Waals surface area contributed by atoms with Crippen LogP contribution in [0.2, 0.25) is 0 Å². The maximum Gasteiger partial charge on any atom is 0.320 e. The van der Waals surface area contributed by atoms with E-state index in [9.17, 15) is 9.18 Å². The van der Waals surface area contributed by atoms with E-state index in [0.29, 0.717) is 26.1 Å². The van der Waals surface area contributed by atoms with Crippen molar-refractivity contribution >= 4 is 11.7 Å². The number of carbonyl (C=O) groups is 1. The van der Waals surface area contributed by atoms with Gasteiger partial charge in [-0.25, -0.2) is 9.07 Å². The lowest BCUT2D eigenvalue weighted by Crippen LogP contribution is -2.54. The van der Waals surface area contributed by atoms with Gasteiger partial charge in [-0.05, 0) is 48.7 Å². The number of carbonyl (C=O) groups excluding carboxylic acids is 1. The lowest BCUT2D eigenvalue weighted by Gasteiger charge is -2.41. The van der Waals surface area contributed by atoms with Gasteiger partial charge in [-0.1, -0.05) is 65.9 Å². The van der Waals surface area contributed by atoms with Gasteiger partial charge in [0, 0.05) is 12.2 Å². The van der Waals surface area contributed by atoms with E-state index in [-0.39, 0.29) is 18.4 Å². The topological polar surface area (TPSA) is 60.2 Å². The third kappa shape index (κ3) is 4.54. The summed E-state index contributed by atoms with van der Waals surface area (Å²) in [5.74, 6) is -0.591. The number of benzene rings is 3. The molecule has 0 aliphatic carbocycles. The van der Waals surface area contributed by atoms with Crippen LogP contribution in [0.1, 0.15) is 29.4 Å². The molecular weight excluding hydrogens is 443 g/mol. The predicted molar refractivity (Wildman–Crippen MR) is 131 cm³/mol. The first-order valence-corrected chi connectivity index (χ1v) is 11.8. The maximum absolute atomic E-state index is 13.8. The van der Waals surface area contributed by atoms with Crippen LogP contribution in [-0.4, -0.2) is 34.1 Å². The van der Waals surface area contributed by atoms with Gasteiger partial charge in [-0.15, -0.1) is 5.10 Å². The lowest BCUT2D eigenvalue weighted by atomic mass is 9.74. The number of nitrogens with zero attached hydrogens (tertiary/aromatic N) is 4. The maximum atomic E-state index is 13.8. The van der Waals surface area contributed by atoms with Crippen molar-refractivity contribution in [1.82, 2.24) is 15.0 Å². The quantitative estimate of drug-likeness (QED) is 0.372. The minimum absolute atomic E-state index is 0.273. The van der Waals surface area contributed by atoms with Gasteiger partial charge in [0.05, 0.1) is 25.4 Å². The SMILES string of the molecule is CCOC(=O)C1(Cc2ccccc2)CN(c2ccccc2)Cc2nnn(Cc3ccc(F)cc3)c21. The Morgan fingerprint density at radius 3 is 2.34 bits per heavy atom. The second-order valence-corrected chi connectivity index (χ2v) is 8.83. The highest BCUT2D eigenvalue weighted by Gasteiger charge is 2.51. The van der Waals surface area contributed by atoms with E-state index in [1.807, 2.05) is 67.6 Å². The van der Waals surface area contributed by atoms with Crippen molar-refractivity contribution in [3.05, 3.63) is 113 Å². The molecule has 0 radical (unpaired) electrons. The molecule has 1 unspecified atom stereocenters. The number of esters is 1. The Hall–Kier alpha value is -4.00. The molecule has 2 heterocycles. The van der Waals surface area contributed by atoms with Crippen molar-refractivity contribution in [1.29, 1.82) is 0 Å². The number of ether oxygens (including phenoxy) is 1. The molecule has 5 rings (SSSR count). The number of fused-ring (bicyclic) bond motifs is 1. The second kappa shape index (κ2) is 9.70. The molecule has 0 saturated carbocycles. The summed E-state index contributed by atoms with van der Waals surface area (Å²) in [6, 6.07) is 26.3. The monoisotopic (exact) mass is 470 g/mol. The molecule has 4 aromatic rings. The number of para-hydroxylation sites is 1. The molecule has 3 aromatic carbocycles. The first-order chi connectivity index (χ1) is 17.1. The third-order valence-electron chi connectivity index (χ3n) is 6.44. The summed E-state index contributed by atoms with van der Waals surface area (Å²) in [6.45, 7) is 3.42. The number of aromatic nitrogens is 3. The highest BCUT2D eigenvalue weighted by atomic mass is 19.1. The summed E-state index contributed by atoms with van der Waals surface area (Å²) in [6.07, 6.45) is 0.444. The number of anilines is 1. The number of hydrogen-bond acceptors (Lipinski definition) is 5. The van der Waals surface area contributed by atoms with Gasteiger partial charge in [-0.3, -0.25) is 4.79 Å². The molecule has 7 heteroatoms. The summed E-state index contributed by atoms with van der Waals surface area (Å²) < 4.78 is 21.0. The number of rotatable bonds is 7. The summed E-state index contributed by atoms with van der Waals surface area (Å²) in [7, 11) is 0. The average molecular weight is 471 g/mol. The zero-order valence-corrected chi connectivity index (χ0v) is 19.6. The van der Waals surface area contributed by atoms with E-state index >= 15 is 0 Å². The molecule has 1 atom stereocenters. The minimum atomic E-state index is -1.02. The van der Waals surface area contributed by atoms with Crippen LogP contribution in [0.5, 0.6) is 0 Å². The van der Waals surface area contributed by atoms with E-state index in [2.05, 4.69) is 15.2 Å². The standard InChI is InChI=1S/C28H27FN4O2/c1-2-35-27(34)28(17-21-9-5-3-6-10-21)20-32(24-11-7-4-8-12-24)19-25-26(28)33(31-30-25)18-22-13-15-23(29)16-14-22/h3-16H,2,17-20H2,1H3. The van der Waals surface area contributed by atoms with Crippen molar-refractivity contribution in [2.45, 2.75) is 31.8 Å². The van der Waals surface area contributed by atoms with Crippen molar-refractivity contribution in [2.75, 3.05) is 18.1 Å². The van der Waals surface area contributed by atoms with Crippen molar-refractivity contribution in [3.8, 4) is 0 Å². The van der Waals surface area contributed by atoms with Crippen LogP contribution in [0.25, 0.3) is 0 Å². The Morgan fingerprint density at radius 2 is 1.66 bits per heavy atom. The number of hydrogen-bond donors (Lipinski definition) is 0. The second-order valence-electron chi connectivity index (χ2n) is 8.83. The van der Waals surface area contributed by atoms with Gasteiger partial charge in [0.15, 0.2) is 0 Å². The molecule has 178 valence electrons. The summed E-state index contributed by atoms with van der Waals surface area (Å²) >= 11 is 0. The molecule has 0 spiro atoms. The Kier molecular flexibility index (Phi) is 6.31. The highest BCUT2D eigenvalue weighted by Crippen LogP contribution is 2.39. The number of halogens is 1. The molecular formula is C28H27FN4O2. The minimum Gasteiger partial charge on any atom is -0.465 e. The molecule has 0 N–H and O–H groups in total. The van der Waals surface area contributed by atoms with Crippen LogP contribution < -0.4 is 4.90 Å². The van der Waals surface area contributed by atoms with E-state index in [1.165, 1.54) is 12.1 Å². The largest absolute Gasteiger partial charge is 0.465 e. The fourth-order valence-corrected chi connectivity index (χ4v) is 4.90. The van der Waals surface area contributed by atoms with Crippen LogP contribution in [0.4, 0.5) is 10.1 Å². The van der Waals surface area contributed by atoms with Gasteiger partial charge in [0.1, 0.15) is 16.9 Å². The normalized spacial score (nSPS) is 17.1. The molecule has 1 aliphatic rings. The molecule has 1 aromatic heterocycles. The molecule has 1 aliphatic heterocycles. The van der Waals surface area contributed by atoms with Gasteiger partial charge < -0.3 is 9.64 Å². The van der Waals surface area contributed by atoms with Crippen LogP contribution in [0.3, 0.4) is 0 Å².